The first-order valence-corrected chi connectivity index (χ1v) is 10.6. The van der Waals surface area contributed by atoms with Crippen LogP contribution in [0.15, 0.2) is 4.79 Å². The average molecular weight is 442 g/mol. The number of thioether (sulfide) groups is 1. The fraction of sp³-hybridized carbons (Fsp3) is 0.500. The van der Waals surface area contributed by atoms with Crippen molar-refractivity contribution in [3.05, 3.63) is 26.6 Å². The highest BCUT2D eigenvalue weighted by Crippen LogP contribution is 2.26. The minimum atomic E-state index is -0.640. The zero-order chi connectivity index (χ0) is 21.7. The molecule has 1 atom stereocenters. The van der Waals surface area contributed by atoms with Crippen LogP contribution in [-0.2, 0) is 29.6 Å². The van der Waals surface area contributed by atoms with Crippen molar-refractivity contribution in [1.82, 2.24) is 14.9 Å². The number of ether oxygens (including phenoxy) is 2. The molecule has 0 saturated heterocycles. The Bertz CT molecular complexity index is 966. The number of carbonyl (C=O) groups is 3. The van der Waals surface area contributed by atoms with Crippen LogP contribution in [0.25, 0.3) is 10.2 Å². The summed E-state index contributed by atoms with van der Waals surface area (Å²) in [6, 6.07) is 0. The van der Waals surface area contributed by atoms with E-state index < -0.39 is 23.1 Å². The highest BCUT2D eigenvalue weighted by molar-refractivity contribution is 7.99. The van der Waals surface area contributed by atoms with Crippen molar-refractivity contribution in [2.24, 2.45) is 0 Å². The molecule has 1 N–H and O–H groups in total. The number of rotatable bonds is 8. The Kier molecular flexibility index (Phi) is 7.80. The Labute approximate surface area is 175 Å². The highest BCUT2D eigenvalue weighted by atomic mass is 32.2. The lowest BCUT2D eigenvalue weighted by atomic mass is 10.2. The summed E-state index contributed by atoms with van der Waals surface area (Å²) in [5, 5.41) is 0.00447. The van der Waals surface area contributed by atoms with Gasteiger partial charge < -0.3 is 19.4 Å². The molecule has 2 heterocycles. The molecule has 0 saturated carbocycles. The van der Waals surface area contributed by atoms with Crippen LogP contribution < -0.4 is 5.56 Å². The van der Waals surface area contributed by atoms with E-state index in [1.165, 1.54) is 37.3 Å². The lowest BCUT2D eigenvalue weighted by Gasteiger charge is -2.23. The van der Waals surface area contributed by atoms with Gasteiger partial charge in [-0.3, -0.25) is 19.2 Å². The third kappa shape index (κ3) is 5.57. The van der Waals surface area contributed by atoms with E-state index in [1.54, 1.807) is 6.92 Å². The second-order valence-corrected chi connectivity index (χ2v) is 8.81. The Morgan fingerprint density at radius 2 is 1.76 bits per heavy atom. The fourth-order valence-electron chi connectivity index (χ4n) is 2.55. The fourth-order valence-corrected chi connectivity index (χ4v) is 4.44. The number of amides is 1. The maximum absolute atomic E-state index is 12.7. The third-order valence-electron chi connectivity index (χ3n) is 4.31. The predicted octanol–water partition coefficient (Wildman–Crippen LogP) is 1.40. The number of H-pyrrole nitrogens is 1. The second kappa shape index (κ2) is 9.88. The van der Waals surface area contributed by atoms with E-state index in [2.05, 4.69) is 19.4 Å². The van der Waals surface area contributed by atoms with Crippen LogP contribution in [0, 0.1) is 13.8 Å². The minimum Gasteiger partial charge on any atom is -0.468 e. The van der Waals surface area contributed by atoms with Gasteiger partial charge in [-0.1, -0.05) is 0 Å². The number of aryl methyl sites for hydroxylation is 2. The number of thiophene rings is 1. The van der Waals surface area contributed by atoms with E-state index in [-0.39, 0.29) is 18.6 Å². The van der Waals surface area contributed by atoms with Gasteiger partial charge in [0.15, 0.2) is 0 Å². The topological polar surface area (TPSA) is 119 Å². The molecule has 1 amide bonds. The standard InChI is InChI=1S/C18H23N3O6S2/c1-9-10(2)29-17-15(9)16(24)19-12(20-17)8-28-11(3)18(25)21(6-13(22)26-4)7-14(23)27-5/h11H,6-8H2,1-5H3,(H,19,20,24). The van der Waals surface area contributed by atoms with E-state index in [1.807, 2.05) is 13.8 Å². The van der Waals surface area contributed by atoms with E-state index >= 15 is 0 Å². The SMILES string of the molecule is COC(=O)CN(CC(=O)OC)C(=O)C(C)SCc1nc2sc(C)c(C)c2c(=O)[nH]1. The zero-order valence-corrected chi connectivity index (χ0v) is 18.5. The lowest BCUT2D eigenvalue weighted by molar-refractivity contribution is -0.151. The number of carbonyl (C=O) groups excluding carboxylic acids is 3. The number of aromatic nitrogens is 2. The average Bonchev–Trinajstić information content (AvgIpc) is 2.98. The summed E-state index contributed by atoms with van der Waals surface area (Å²) in [7, 11) is 2.40. The molecule has 2 aromatic rings. The van der Waals surface area contributed by atoms with Gasteiger partial charge in [0, 0.05) is 4.88 Å². The first-order valence-electron chi connectivity index (χ1n) is 8.70. The highest BCUT2D eigenvalue weighted by Gasteiger charge is 2.26. The van der Waals surface area contributed by atoms with Gasteiger partial charge in [0.2, 0.25) is 5.91 Å². The monoisotopic (exact) mass is 441 g/mol. The first-order chi connectivity index (χ1) is 13.7. The molecule has 11 heteroatoms. The quantitative estimate of drug-likeness (QED) is 0.611. The van der Waals surface area contributed by atoms with Gasteiger partial charge in [0.25, 0.3) is 5.56 Å². The van der Waals surface area contributed by atoms with E-state index in [9.17, 15) is 19.2 Å². The van der Waals surface area contributed by atoms with E-state index in [0.29, 0.717) is 21.8 Å². The van der Waals surface area contributed by atoms with Crippen molar-refractivity contribution >= 4 is 51.2 Å². The van der Waals surface area contributed by atoms with Gasteiger partial charge in [-0.25, -0.2) is 4.98 Å². The van der Waals surface area contributed by atoms with Crippen LogP contribution in [0.3, 0.4) is 0 Å². The van der Waals surface area contributed by atoms with E-state index in [4.69, 9.17) is 0 Å². The Morgan fingerprint density at radius 3 is 2.31 bits per heavy atom. The van der Waals surface area contributed by atoms with Crippen LogP contribution >= 0.6 is 23.1 Å². The van der Waals surface area contributed by atoms with Crippen LogP contribution in [0.5, 0.6) is 0 Å². The number of aromatic amines is 1. The van der Waals surface area contributed by atoms with Crippen LogP contribution in [-0.4, -0.2) is 65.3 Å². The number of fused-ring (bicyclic) bond motifs is 1. The Hall–Kier alpha value is -2.40. The Morgan fingerprint density at radius 1 is 1.17 bits per heavy atom. The molecular weight excluding hydrogens is 418 g/mol. The van der Waals surface area contributed by atoms with Crippen molar-refractivity contribution in [2.45, 2.75) is 31.8 Å². The molecular formula is C18H23N3O6S2. The van der Waals surface area contributed by atoms with Crippen molar-refractivity contribution in [2.75, 3.05) is 27.3 Å². The number of nitrogens with one attached hydrogen (secondary N) is 1. The molecule has 0 aliphatic rings. The molecule has 2 aromatic heterocycles. The van der Waals surface area contributed by atoms with Gasteiger partial charge in [-0.15, -0.1) is 23.1 Å². The van der Waals surface area contributed by atoms with Crippen molar-refractivity contribution in [3.63, 3.8) is 0 Å². The van der Waals surface area contributed by atoms with Crippen molar-refractivity contribution in [3.8, 4) is 0 Å². The molecule has 29 heavy (non-hydrogen) atoms. The molecule has 0 spiro atoms. The minimum absolute atomic E-state index is 0.204. The summed E-state index contributed by atoms with van der Waals surface area (Å²) in [4.78, 5) is 58.2. The number of hydrogen-bond donors (Lipinski definition) is 1. The number of methoxy groups -OCH3 is 2. The normalized spacial score (nSPS) is 11.9. The Balaban J connectivity index is 2.11. The van der Waals surface area contributed by atoms with Gasteiger partial charge >= 0.3 is 11.9 Å². The van der Waals surface area contributed by atoms with Gasteiger partial charge in [0.05, 0.1) is 30.6 Å². The number of hydrogen-bond acceptors (Lipinski definition) is 9. The maximum Gasteiger partial charge on any atom is 0.325 e. The molecule has 0 bridgehead atoms. The lowest BCUT2D eigenvalue weighted by Crippen LogP contribution is -2.43. The van der Waals surface area contributed by atoms with Gasteiger partial charge in [-0.2, -0.15) is 0 Å². The number of nitrogens with zero attached hydrogens (tertiary/aromatic N) is 2. The van der Waals surface area contributed by atoms with E-state index in [0.717, 1.165) is 15.3 Å². The molecule has 0 aliphatic heterocycles. The van der Waals surface area contributed by atoms with Crippen LogP contribution in [0.4, 0.5) is 0 Å². The van der Waals surface area contributed by atoms with Crippen LogP contribution in [0.2, 0.25) is 0 Å². The van der Waals surface area contributed by atoms with Crippen molar-refractivity contribution < 1.29 is 23.9 Å². The van der Waals surface area contributed by atoms with Crippen LogP contribution in [0.1, 0.15) is 23.2 Å². The molecule has 2 rings (SSSR count). The van der Waals surface area contributed by atoms with Gasteiger partial charge in [-0.05, 0) is 26.3 Å². The maximum atomic E-state index is 12.7. The molecule has 0 aromatic carbocycles. The van der Waals surface area contributed by atoms with Crippen molar-refractivity contribution in [1.29, 1.82) is 0 Å². The first kappa shape index (κ1) is 22.9. The number of esters is 2. The third-order valence-corrected chi connectivity index (χ3v) is 6.56. The van der Waals surface area contributed by atoms with Gasteiger partial charge in [0.1, 0.15) is 23.7 Å². The molecule has 9 nitrogen and oxygen atoms in total. The summed E-state index contributed by atoms with van der Waals surface area (Å²) >= 11 is 2.69. The largest absolute Gasteiger partial charge is 0.468 e. The summed E-state index contributed by atoms with van der Waals surface area (Å²) in [5.41, 5.74) is 0.715. The summed E-state index contributed by atoms with van der Waals surface area (Å²) in [5.74, 6) is -0.949. The summed E-state index contributed by atoms with van der Waals surface area (Å²) in [6.45, 7) is 4.77. The smallest absolute Gasteiger partial charge is 0.325 e. The zero-order valence-electron chi connectivity index (χ0n) is 16.9. The molecule has 158 valence electrons. The molecule has 0 aliphatic carbocycles. The molecule has 1 unspecified atom stereocenters. The second-order valence-electron chi connectivity index (χ2n) is 6.28. The molecule has 0 fully saturated rings. The molecule has 0 radical (unpaired) electrons. The summed E-state index contributed by atoms with van der Waals surface area (Å²) < 4.78 is 9.16. The predicted molar refractivity (Wildman–Crippen MR) is 111 cm³/mol. The summed E-state index contributed by atoms with van der Waals surface area (Å²) in [6.07, 6.45) is 0.